The topological polar surface area (TPSA) is 114 Å². The minimum atomic E-state index is -0.934. The van der Waals surface area contributed by atoms with E-state index in [1.807, 2.05) is 48.5 Å². The highest BCUT2D eigenvalue weighted by molar-refractivity contribution is 9.10. The van der Waals surface area contributed by atoms with Gasteiger partial charge < -0.3 is 20.7 Å². The van der Waals surface area contributed by atoms with Crippen LogP contribution in [0.15, 0.2) is 53.0 Å². The Bertz CT molecular complexity index is 1000. The number of amides is 3. The number of rotatable bonds is 8. The summed E-state index contributed by atoms with van der Waals surface area (Å²) in [6.45, 7) is 2.99. The fourth-order valence-corrected chi connectivity index (χ4v) is 4.36. The number of carbonyl (C=O) groups is 3. The lowest BCUT2D eigenvalue weighted by molar-refractivity contribution is -0.142. The van der Waals surface area contributed by atoms with E-state index in [1.54, 1.807) is 4.90 Å². The number of benzene rings is 2. The number of hydrogen-bond acceptors (Lipinski definition) is 5. The van der Waals surface area contributed by atoms with Crippen molar-refractivity contribution in [3.05, 3.63) is 64.1 Å². The predicted molar refractivity (Wildman–Crippen MR) is 134 cm³/mol. The molecule has 182 valence electrons. The maximum Gasteiger partial charge on any atom is 0.411 e. The van der Waals surface area contributed by atoms with Crippen LogP contribution in [0.5, 0.6) is 0 Å². The number of nitrogens with two attached hydrogens (primary N) is 1. The van der Waals surface area contributed by atoms with Gasteiger partial charge in [0.05, 0.1) is 12.0 Å². The highest BCUT2D eigenvalue weighted by Crippen LogP contribution is 2.33. The quantitative estimate of drug-likeness (QED) is 0.483. The molecule has 3 amide bonds. The average molecular weight is 531 g/mol. The number of carbonyl (C=O) groups excluding carboxylic acids is 3. The van der Waals surface area contributed by atoms with Crippen molar-refractivity contribution in [2.45, 2.75) is 32.7 Å². The largest absolute Gasteiger partial charge is 0.448 e. The van der Waals surface area contributed by atoms with Gasteiger partial charge >= 0.3 is 6.09 Å². The van der Waals surface area contributed by atoms with Crippen molar-refractivity contribution in [1.29, 1.82) is 0 Å². The molecule has 8 nitrogen and oxygen atoms in total. The van der Waals surface area contributed by atoms with Crippen LogP contribution in [0.4, 0.5) is 10.5 Å². The van der Waals surface area contributed by atoms with Crippen LogP contribution in [-0.2, 0) is 27.3 Å². The third-order valence-electron chi connectivity index (χ3n) is 6.21. The molecule has 2 aromatic rings. The highest BCUT2D eigenvalue weighted by atomic mass is 79.9. The molecule has 9 heteroatoms. The number of piperidine rings is 1. The summed E-state index contributed by atoms with van der Waals surface area (Å²) in [6.07, 6.45) is 1.03. The van der Waals surface area contributed by atoms with Crippen LogP contribution >= 0.6 is 15.9 Å². The zero-order chi connectivity index (χ0) is 24.6. The van der Waals surface area contributed by atoms with Crippen molar-refractivity contribution < 1.29 is 19.1 Å². The van der Waals surface area contributed by atoms with Gasteiger partial charge in [0, 0.05) is 29.8 Å². The Hall–Kier alpha value is -2.91. The van der Waals surface area contributed by atoms with Crippen LogP contribution in [0.2, 0.25) is 0 Å². The highest BCUT2D eigenvalue weighted by Gasteiger charge is 2.43. The Kier molecular flexibility index (Phi) is 9.06. The fraction of sp³-hybridized carbons (Fsp3) is 0.400. The van der Waals surface area contributed by atoms with Crippen LogP contribution < -0.4 is 16.4 Å². The molecule has 2 aromatic carbocycles. The molecular weight excluding hydrogens is 500 g/mol. The Morgan fingerprint density at radius 1 is 1.09 bits per heavy atom. The molecule has 0 aliphatic carbocycles. The van der Waals surface area contributed by atoms with Crippen LogP contribution in [0.3, 0.4) is 0 Å². The molecule has 1 heterocycles. The molecule has 0 unspecified atom stereocenters. The van der Waals surface area contributed by atoms with E-state index >= 15 is 0 Å². The SMILES string of the molecule is CCc1ccc(NC(=O)OCC2(C(=O)NCc3ccccc3Br)CCN(C(=O)CN)CC2)cc1. The summed E-state index contributed by atoms with van der Waals surface area (Å²) in [6, 6.07) is 15.2. The molecule has 1 fully saturated rings. The Labute approximate surface area is 208 Å². The van der Waals surface area contributed by atoms with Crippen molar-refractivity contribution in [1.82, 2.24) is 10.2 Å². The lowest BCUT2D eigenvalue weighted by Crippen LogP contribution is -2.53. The number of nitrogens with zero attached hydrogens (tertiary/aromatic N) is 1. The first-order valence-corrected chi connectivity index (χ1v) is 12.2. The Balaban J connectivity index is 1.66. The molecule has 34 heavy (non-hydrogen) atoms. The molecular formula is C25H31BrN4O4. The number of ether oxygens (including phenoxy) is 1. The molecule has 0 saturated carbocycles. The molecule has 0 bridgehead atoms. The minimum Gasteiger partial charge on any atom is -0.448 e. The van der Waals surface area contributed by atoms with Crippen molar-refractivity contribution in [3.8, 4) is 0 Å². The summed E-state index contributed by atoms with van der Waals surface area (Å²) in [7, 11) is 0. The third kappa shape index (κ3) is 6.57. The van der Waals surface area contributed by atoms with E-state index in [1.165, 1.54) is 5.56 Å². The van der Waals surface area contributed by atoms with Gasteiger partial charge in [-0.1, -0.05) is 53.2 Å². The van der Waals surface area contributed by atoms with E-state index < -0.39 is 11.5 Å². The first kappa shape index (κ1) is 25.7. The number of anilines is 1. The second-order valence-corrected chi connectivity index (χ2v) is 9.25. The van der Waals surface area contributed by atoms with Crippen LogP contribution in [0.1, 0.15) is 30.9 Å². The number of hydrogen-bond donors (Lipinski definition) is 3. The summed E-state index contributed by atoms with van der Waals surface area (Å²) in [5.74, 6) is -0.361. The zero-order valence-corrected chi connectivity index (χ0v) is 20.9. The van der Waals surface area contributed by atoms with E-state index in [0.717, 1.165) is 16.5 Å². The van der Waals surface area contributed by atoms with Gasteiger partial charge in [0.1, 0.15) is 6.61 Å². The molecule has 1 aliphatic heterocycles. The first-order valence-electron chi connectivity index (χ1n) is 11.4. The van der Waals surface area contributed by atoms with Crippen LogP contribution in [0.25, 0.3) is 0 Å². The van der Waals surface area contributed by atoms with E-state index in [4.69, 9.17) is 10.5 Å². The summed E-state index contributed by atoms with van der Waals surface area (Å²) in [5.41, 5.74) is 7.29. The summed E-state index contributed by atoms with van der Waals surface area (Å²) in [5, 5.41) is 5.70. The monoisotopic (exact) mass is 530 g/mol. The van der Waals surface area contributed by atoms with Crippen molar-refractivity contribution in [2.24, 2.45) is 11.1 Å². The molecule has 1 saturated heterocycles. The van der Waals surface area contributed by atoms with Gasteiger partial charge in [-0.25, -0.2) is 4.79 Å². The predicted octanol–water partition coefficient (Wildman–Crippen LogP) is 3.44. The molecule has 0 aromatic heterocycles. The average Bonchev–Trinajstić information content (AvgIpc) is 2.87. The van der Waals surface area contributed by atoms with Crippen molar-refractivity contribution >= 4 is 39.5 Å². The standard InChI is InChI=1S/C25H31BrN4O4/c1-2-18-7-9-20(10-8-18)29-24(33)34-17-25(11-13-30(14-12-25)22(31)15-27)23(32)28-16-19-5-3-4-6-21(19)26/h3-10H,2,11-17,27H2,1H3,(H,28,32)(H,29,33). The van der Waals surface area contributed by atoms with E-state index in [-0.39, 0.29) is 25.0 Å². The third-order valence-corrected chi connectivity index (χ3v) is 6.99. The molecule has 0 spiro atoms. The van der Waals surface area contributed by atoms with E-state index in [9.17, 15) is 14.4 Å². The minimum absolute atomic E-state index is 0.0725. The van der Waals surface area contributed by atoms with Gasteiger partial charge in [0.15, 0.2) is 0 Å². The lowest BCUT2D eigenvalue weighted by atomic mass is 9.78. The van der Waals surface area contributed by atoms with Crippen molar-refractivity contribution in [3.63, 3.8) is 0 Å². The number of nitrogens with one attached hydrogen (secondary N) is 2. The smallest absolute Gasteiger partial charge is 0.411 e. The molecule has 4 N–H and O–H groups in total. The van der Waals surface area contributed by atoms with Gasteiger partial charge in [0.25, 0.3) is 0 Å². The zero-order valence-electron chi connectivity index (χ0n) is 19.3. The van der Waals surface area contributed by atoms with Crippen LogP contribution in [0, 0.1) is 5.41 Å². The molecule has 1 aliphatic rings. The second kappa shape index (κ2) is 12.0. The van der Waals surface area contributed by atoms with E-state index in [0.29, 0.717) is 38.2 Å². The fourth-order valence-electron chi connectivity index (χ4n) is 3.94. The van der Waals surface area contributed by atoms with Gasteiger partial charge in [-0.3, -0.25) is 14.9 Å². The molecule has 0 radical (unpaired) electrons. The Morgan fingerprint density at radius 2 is 1.76 bits per heavy atom. The maximum absolute atomic E-state index is 13.3. The Morgan fingerprint density at radius 3 is 2.38 bits per heavy atom. The van der Waals surface area contributed by atoms with Crippen molar-refractivity contribution in [2.75, 3.05) is 31.6 Å². The molecule has 0 atom stereocenters. The summed E-state index contributed by atoms with van der Waals surface area (Å²) < 4.78 is 6.42. The summed E-state index contributed by atoms with van der Waals surface area (Å²) in [4.78, 5) is 39.4. The van der Waals surface area contributed by atoms with Crippen LogP contribution in [-0.4, -0.2) is 49.0 Å². The second-order valence-electron chi connectivity index (χ2n) is 8.39. The number of halogens is 1. The number of likely N-dealkylation sites (tertiary alicyclic amines) is 1. The lowest BCUT2D eigenvalue weighted by Gasteiger charge is -2.40. The normalized spacial score (nSPS) is 14.9. The first-order chi connectivity index (χ1) is 16.4. The summed E-state index contributed by atoms with van der Waals surface area (Å²) >= 11 is 3.49. The molecule has 3 rings (SSSR count). The van der Waals surface area contributed by atoms with E-state index in [2.05, 4.69) is 33.5 Å². The number of aryl methyl sites for hydroxylation is 1. The van der Waals surface area contributed by atoms with Gasteiger partial charge in [-0.15, -0.1) is 0 Å². The van der Waals surface area contributed by atoms with Gasteiger partial charge in [-0.2, -0.15) is 0 Å². The van der Waals surface area contributed by atoms with Gasteiger partial charge in [-0.05, 0) is 48.6 Å². The van der Waals surface area contributed by atoms with Gasteiger partial charge in [0.2, 0.25) is 11.8 Å². The maximum atomic E-state index is 13.3.